The SMILES string of the molecule is Cc1cc(C)c2sc(N3CCN(CCNC(=O)CCS(=O)(=O)c4ccc(Cl)cc4)CC3)nc2c1. The Labute approximate surface area is 209 Å². The van der Waals surface area contributed by atoms with Crippen LogP contribution in [0.3, 0.4) is 0 Å². The topological polar surface area (TPSA) is 82.6 Å². The van der Waals surface area contributed by atoms with Crippen LogP contribution in [0.15, 0.2) is 41.3 Å². The summed E-state index contributed by atoms with van der Waals surface area (Å²) < 4.78 is 26.0. The molecule has 182 valence electrons. The molecule has 1 amide bonds. The molecule has 3 aromatic rings. The first-order chi connectivity index (χ1) is 16.2. The maximum atomic E-state index is 12.4. The van der Waals surface area contributed by atoms with Gasteiger partial charge in [0.05, 0.1) is 20.9 Å². The highest BCUT2D eigenvalue weighted by Crippen LogP contribution is 2.32. The number of fused-ring (bicyclic) bond motifs is 1. The summed E-state index contributed by atoms with van der Waals surface area (Å²) in [7, 11) is -3.51. The van der Waals surface area contributed by atoms with Gasteiger partial charge in [0.1, 0.15) is 0 Å². The van der Waals surface area contributed by atoms with Gasteiger partial charge in [-0.3, -0.25) is 9.69 Å². The Morgan fingerprint density at radius 2 is 1.82 bits per heavy atom. The van der Waals surface area contributed by atoms with Crippen molar-refractivity contribution >= 4 is 54.0 Å². The monoisotopic (exact) mass is 520 g/mol. The fourth-order valence-corrected chi connectivity index (χ4v) is 6.53. The van der Waals surface area contributed by atoms with E-state index in [9.17, 15) is 13.2 Å². The molecule has 2 heterocycles. The number of rotatable bonds is 8. The quantitative estimate of drug-likeness (QED) is 0.488. The second-order valence-electron chi connectivity index (χ2n) is 8.63. The number of carbonyl (C=O) groups excluding carboxylic acids is 1. The second-order valence-corrected chi connectivity index (χ2v) is 12.2. The minimum absolute atomic E-state index is 0.0603. The Morgan fingerprint density at radius 3 is 2.53 bits per heavy atom. The molecule has 0 unspecified atom stereocenters. The zero-order valence-corrected chi connectivity index (χ0v) is 21.8. The second kappa shape index (κ2) is 10.6. The van der Waals surface area contributed by atoms with E-state index in [1.807, 2.05) is 0 Å². The number of carbonyl (C=O) groups is 1. The van der Waals surface area contributed by atoms with Crippen LogP contribution in [-0.2, 0) is 14.6 Å². The molecule has 1 aliphatic rings. The first kappa shape index (κ1) is 24.9. The number of amides is 1. The van der Waals surface area contributed by atoms with Crippen LogP contribution in [0, 0.1) is 13.8 Å². The van der Waals surface area contributed by atoms with E-state index < -0.39 is 9.84 Å². The van der Waals surface area contributed by atoms with E-state index in [0.717, 1.165) is 43.4 Å². The smallest absolute Gasteiger partial charge is 0.221 e. The highest BCUT2D eigenvalue weighted by molar-refractivity contribution is 7.91. The van der Waals surface area contributed by atoms with Crippen LogP contribution < -0.4 is 10.2 Å². The molecule has 0 radical (unpaired) electrons. The summed E-state index contributed by atoms with van der Waals surface area (Å²) in [5, 5.41) is 4.39. The van der Waals surface area contributed by atoms with Gasteiger partial charge in [0, 0.05) is 50.7 Å². The molecule has 7 nitrogen and oxygen atoms in total. The van der Waals surface area contributed by atoms with Gasteiger partial charge in [0.15, 0.2) is 15.0 Å². The first-order valence-corrected chi connectivity index (χ1v) is 14.2. The number of hydrogen-bond acceptors (Lipinski definition) is 7. The van der Waals surface area contributed by atoms with Gasteiger partial charge in [-0.05, 0) is 55.3 Å². The number of thiazole rings is 1. The Bertz CT molecular complexity index is 1270. The van der Waals surface area contributed by atoms with E-state index in [4.69, 9.17) is 16.6 Å². The largest absolute Gasteiger partial charge is 0.355 e. The predicted molar refractivity (Wildman–Crippen MR) is 139 cm³/mol. The van der Waals surface area contributed by atoms with Crippen molar-refractivity contribution in [1.29, 1.82) is 0 Å². The zero-order chi connectivity index (χ0) is 24.3. The molecule has 0 atom stereocenters. The third-order valence-electron chi connectivity index (χ3n) is 5.97. The van der Waals surface area contributed by atoms with Crippen molar-refractivity contribution in [3.05, 3.63) is 52.5 Å². The number of aryl methyl sites for hydroxylation is 2. The predicted octanol–water partition coefficient (Wildman–Crippen LogP) is 3.67. The fourth-order valence-electron chi connectivity index (χ4n) is 4.09. The molecule has 1 fully saturated rings. The number of anilines is 1. The van der Waals surface area contributed by atoms with Crippen molar-refractivity contribution in [3.63, 3.8) is 0 Å². The molecule has 0 saturated carbocycles. The molecular formula is C24H29ClN4O3S2. The molecule has 10 heteroatoms. The molecule has 1 aromatic heterocycles. The fraction of sp³-hybridized carbons (Fsp3) is 0.417. The van der Waals surface area contributed by atoms with Gasteiger partial charge < -0.3 is 10.2 Å². The lowest BCUT2D eigenvalue weighted by Gasteiger charge is -2.34. The van der Waals surface area contributed by atoms with Crippen molar-refractivity contribution in [3.8, 4) is 0 Å². The maximum absolute atomic E-state index is 12.4. The number of halogens is 1. The highest BCUT2D eigenvalue weighted by Gasteiger charge is 2.21. The number of piperazine rings is 1. The lowest BCUT2D eigenvalue weighted by atomic mass is 10.1. The summed E-state index contributed by atoms with van der Waals surface area (Å²) in [5.41, 5.74) is 3.58. The average molecular weight is 521 g/mol. The van der Waals surface area contributed by atoms with Crippen molar-refractivity contribution in [1.82, 2.24) is 15.2 Å². The maximum Gasteiger partial charge on any atom is 0.221 e. The summed E-state index contributed by atoms with van der Waals surface area (Å²) in [6, 6.07) is 10.3. The van der Waals surface area contributed by atoms with Crippen molar-refractivity contribution in [2.75, 3.05) is 49.9 Å². The van der Waals surface area contributed by atoms with Crippen LogP contribution >= 0.6 is 22.9 Å². The van der Waals surface area contributed by atoms with Crippen molar-refractivity contribution in [2.24, 2.45) is 0 Å². The normalized spacial score (nSPS) is 15.1. The first-order valence-electron chi connectivity index (χ1n) is 11.3. The van der Waals surface area contributed by atoms with Crippen LogP contribution in [0.25, 0.3) is 10.2 Å². The van der Waals surface area contributed by atoms with E-state index in [1.54, 1.807) is 11.3 Å². The van der Waals surface area contributed by atoms with Gasteiger partial charge in [-0.25, -0.2) is 13.4 Å². The lowest BCUT2D eigenvalue weighted by Crippen LogP contribution is -2.48. The molecule has 0 spiro atoms. The van der Waals surface area contributed by atoms with Gasteiger partial charge in [-0.15, -0.1) is 0 Å². The number of hydrogen-bond donors (Lipinski definition) is 1. The summed E-state index contributed by atoms with van der Waals surface area (Å²) in [6.07, 6.45) is -0.0603. The third kappa shape index (κ3) is 6.07. The Kier molecular flexibility index (Phi) is 7.77. The Hall–Kier alpha value is -2.20. The minimum atomic E-state index is -3.51. The zero-order valence-electron chi connectivity index (χ0n) is 19.4. The molecule has 1 N–H and O–H groups in total. The van der Waals surface area contributed by atoms with E-state index in [-0.39, 0.29) is 23.0 Å². The summed E-state index contributed by atoms with van der Waals surface area (Å²) >= 11 is 7.56. The van der Waals surface area contributed by atoms with E-state index in [1.165, 1.54) is 40.1 Å². The molecule has 34 heavy (non-hydrogen) atoms. The van der Waals surface area contributed by atoms with E-state index in [2.05, 4.69) is 41.1 Å². The number of aromatic nitrogens is 1. The summed E-state index contributed by atoms with van der Waals surface area (Å²) in [5.74, 6) is -0.475. The van der Waals surface area contributed by atoms with Gasteiger partial charge >= 0.3 is 0 Å². The van der Waals surface area contributed by atoms with Crippen LogP contribution in [-0.4, -0.2) is 69.2 Å². The van der Waals surface area contributed by atoms with Gasteiger partial charge in [-0.1, -0.05) is 29.0 Å². The number of benzene rings is 2. The number of sulfone groups is 1. The standard InChI is InChI=1S/C24H29ClN4O3S2/c1-17-15-18(2)23-21(16-17)27-24(33-23)29-12-10-28(11-13-29)9-8-26-22(30)7-14-34(31,32)20-5-3-19(25)4-6-20/h3-6,15-16H,7-14H2,1-2H3,(H,26,30). The Balaban J connectivity index is 1.19. The molecular weight excluding hydrogens is 492 g/mol. The summed E-state index contributed by atoms with van der Waals surface area (Å²) in [6.45, 7) is 9.05. The molecule has 2 aromatic carbocycles. The Morgan fingerprint density at radius 1 is 1.12 bits per heavy atom. The molecule has 4 rings (SSSR count). The molecule has 0 bridgehead atoms. The third-order valence-corrected chi connectivity index (χ3v) is 9.22. The summed E-state index contributed by atoms with van der Waals surface area (Å²) in [4.78, 5) is 21.8. The van der Waals surface area contributed by atoms with Crippen LogP contribution in [0.4, 0.5) is 5.13 Å². The lowest BCUT2D eigenvalue weighted by molar-refractivity contribution is -0.120. The minimum Gasteiger partial charge on any atom is -0.355 e. The van der Waals surface area contributed by atoms with Crippen molar-refractivity contribution < 1.29 is 13.2 Å². The highest BCUT2D eigenvalue weighted by atomic mass is 35.5. The molecule has 0 aliphatic carbocycles. The van der Waals surface area contributed by atoms with Crippen LogP contribution in [0.5, 0.6) is 0 Å². The average Bonchev–Trinajstić information content (AvgIpc) is 3.23. The van der Waals surface area contributed by atoms with E-state index >= 15 is 0 Å². The number of nitrogens with zero attached hydrogens (tertiary/aromatic N) is 3. The van der Waals surface area contributed by atoms with Crippen LogP contribution in [0.2, 0.25) is 5.02 Å². The van der Waals surface area contributed by atoms with E-state index in [0.29, 0.717) is 11.6 Å². The van der Waals surface area contributed by atoms with Crippen molar-refractivity contribution in [2.45, 2.75) is 25.2 Å². The molecule has 1 saturated heterocycles. The van der Waals surface area contributed by atoms with Crippen LogP contribution in [0.1, 0.15) is 17.5 Å². The molecule has 1 aliphatic heterocycles. The van der Waals surface area contributed by atoms with Gasteiger partial charge in [-0.2, -0.15) is 0 Å². The number of nitrogens with one attached hydrogen (secondary N) is 1. The van der Waals surface area contributed by atoms with Gasteiger partial charge in [0.25, 0.3) is 0 Å². The van der Waals surface area contributed by atoms with Gasteiger partial charge in [0.2, 0.25) is 5.91 Å².